The molecule has 31 heavy (non-hydrogen) atoms. The summed E-state index contributed by atoms with van der Waals surface area (Å²) in [7, 11) is 4.08. The number of para-hydroxylation sites is 1. The molecule has 0 saturated carbocycles. The van der Waals surface area contributed by atoms with E-state index in [9.17, 15) is 9.90 Å². The summed E-state index contributed by atoms with van der Waals surface area (Å²) < 4.78 is 7.69. The Labute approximate surface area is 184 Å². The summed E-state index contributed by atoms with van der Waals surface area (Å²) >= 11 is 0. The van der Waals surface area contributed by atoms with Gasteiger partial charge in [-0.15, -0.1) is 0 Å². The lowest BCUT2D eigenvalue weighted by Crippen LogP contribution is -3.10. The van der Waals surface area contributed by atoms with E-state index < -0.39 is 0 Å². The highest BCUT2D eigenvalue weighted by Crippen LogP contribution is 2.36. The summed E-state index contributed by atoms with van der Waals surface area (Å²) in [5.74, 6) is -0.115. The lowest BCUT2D eigenvalue weighted by molar-refractivity contribution is -0.910. The van der Waals surface area contributed by atoms with Gasteiger partial charge >= 0.3 is 5.97 Å². The molecular formula is C25H35N3O3+2. The number of quaternary nitrogens is 2. The first kappa shape index (κ1) is 22.8. The minimum atomic E-state index is -0.329. The summed E-state index contributed by atoms with van der Waals surface area (Å²) in [5.41, 5.74) is 4.21. The maximum absolute atomic E-state index is 13.3. The lowest BCUT2D eigenvalue weighted by Gasteiger charge is -2.18. The van der Waals surface area contributed by atoms with E-state index in [1.165, 1.54) is 9.80 Å². The van der Waals surface area contributed by atoms with Crippen molar-refractivity contribution in [3.05, 3.63) is 59.3 Å². The molecule has 166 valence electrons. The molecule has 3 N–H and O–H groups in total. The Morgan fingerprint density at radius 1 is 1.00 bits per heavy atom. The van der Waals surface area contributed by atoms with Crippen LogP contribution in [-0.4, -0.2) is 49.4 Å². The summed E-state index contributed by atoms with van der Waals surface area (Å²) in [4.78, 5) is 15.8. The molecule has 0 unspecified atom stereocenters. The number of benzene rings is 2. The number of aromatic nitrogens is 1. The number of hydrogen-bond donors (Lipinski definition) is 3. The van der Waals surface area contributed by atoms with Crippen LogP contribution in [0.25, 0.3) is 16.6 Å². The standard InChI is InChI=1S/C25H33N3O3/c1-6-27(7-2)17-21-24(25(30)31-8-3)23-19(16-26(4)5)22(29)15-14-20(23)28(21)18-12-10-9-11-13-18/h9-15,29H,6-8,16-17H2,1-5H3/p+2. The van der Waals surface area contributed by atoms with E-state index in [-0.39, 0.29) is 11.7 Å². The van der Waals surface area contributed by atoms with Gasteiger partial charge in [-0.1, -0.05) is 18.2 Å². The second-order valence-corrected chi connectivity index (χ2v) is 8.19. The van der Waals surface area contributed by atoms with Gasteiger partial charge in [0.25, 0.3) is 0 Å². The van der Waals surface area contributed by atoms with Crippen molar-refractivity contribution in [2.75, 3.05) is 33.8 Å². The molecule has 0 aliphatic rings. The molecule has 3 aromatic rings. The first-order valence-electron chi connectivity index (χ1n) is 11.2. The fraction of sp³-hybridized carbons (Fsp3) is 0.400. The number of rotatable bonds is 9. The minimum absolute atomic E-state index is 0.214. The number of esters is 1. The van der Waals surface area contributed by atoms with Crippen LogP contribution in [0.5, 0.6) is 5.75 Å². The van der Waals surface area contributed by atoms with Crippen LogP contribution in [0, 0.1) is 0 Å². The largest absolute Gasteiger partial charge is 0.507 e. The molecule has 1 aromatic heterocycles. The average Bonchev–Trinajstić information content (AvgIpc) is 3.08. The monoisotopic (exact) mass is 425 g/mol. The Morgan fingerprint density at radius 2 is 1.68 bits per heavy atom. The Morgan fingerprint density at radius 3 is 2.26 bits per heavy atom. The predicted octanol–water partition coefficient (Wildman–Crippen LogP) is 1.58. The summed E-state index contributed by atoms with van der Waals surface area (Å²) in [5, 5.41) is 11.6. The number of fused-ring (bicyclic) bond motifs is 1. The van der Waals surface area contributed by atoms with Crippen molar-refractivity contribution in [2.24, 2.45) is 0 Å². The molecule has 2 aromatic carbocycles. The van der Waals surface area contributed by atoms with Gasteiger partial charge in [0.15, 0.2) is 0 Å². The summed E-state index contributed by atoms with van der Waals surface area (Å²) in [6.07, 6.45) is 0. The maximum Gasteiger partial charge on any atom is 0.340 e. The van der Waals surface area contributed by atoms with Crippen LogP contribution >= 0.6 is 0 Å². The lowest BCUT2D eigenvalue weighted by atomic mass is 10.0. The van der Waals surface area contributed by atoms with Gasteiger partial charge in [-0.3, -0.25) is 0 Å². The molecule has 0 spiro atoms. The van der Waals surface area contributed by atoms with Crippen LogP contribution in [0.15, 0.2) is 42.5 Å². The van der Waals surface area contributed by atoms with E-state index in [2.05, 4.69) is 30.5 Å². The van der Waals surface area contributed by atoms with Crippen molar-refractivity contribution >= 4 is 16.9 Å². The predicted molar refractivity (Wildman–Crippen MR) is 123 cm³/mol. The number of phenolic OH excluding ortho intramolecular Hbond substituents is 1. The molecule has 6 nitrogen and oxygen atoms in total. The molecule has 1 heterocycles. The number of nitrogens with zero attached hydrogens (tertiary/aromatic N) is 1. The number of hydrogen-bond acceptors (Lipinski definition) is 3. The van der Waals surface area contributed by atoms with Gasteiger partial charge in [0, 0.05) is 11.1 Å². The molecule has 0 saturated heterocycles. The minimum Gasteiger partial charge on any atom is -0.507 e. The quantitative estimate of drug-likeness (QED) is 0.456. The molecule has 0 bridgehead atoms. The van der Waals surface area contributed by atoms with E-state index in [1.54, 1.807) is 6.07 Å². The van der Waals surface area contributed by atoms with Crippen molar-refractivity contribution < 1.29 is 24.4 Å². The topological polar surface area (TPSA) is 60.3 Å². The van der Waals surface area contributed by atoms with Crippen LogP contribution in [0.1, 0.15) is 42.4 Å². The zero-order valence-corrected chi connectivity index (χ0v) is 19.3. The number of aromatic hydroxyl groups is 1. The van der Waals surface area contributed by atoms with Crippen molar-refractivity contribution in [3.63, 3.8) is 0 Å². The third-order valence-corrected chi connectivity index (χ3v) is 5.76. The maximum atomic E-state index is 13.3. The van der Waals surface area contributed by atoms with Crippen molar-refractivity contribution in [1.29, 1.82) is 0 Å². The average molecular weight is 426 g/mol. The molecule has 0 fully saturated rings. The number of carbonyl (C=O) groups excluding carboxylic acids is 1. The number of carbonyl (C=O) groups is 1. The second-order valence-electron chi connectivity index (χ2n) is 8.19. The van der Waals surface area contributed by atoms with E-state index in [0.717, 1.165) is 40.9 Å². The molecule has 0 atom stereocenters. The number of ether oxygens (including phenoxy) is 1. The fourth-order valence-electron chi connectivity index (χ4n) is 4.22. The van der Waals surface area contributed by atoms with E-state index in [1.807, 2.05) is 45.3 Å². The zero-order valence-electron chi connectivity index (χ0n) is 19.3. The summed E-state index contributed by atoms with van der Waals surface area (Å²) in [6, 6.07) is 13.8. The van der Waals surface area contributed by atoms with Gasteiger partial charge in [-0.05, 0) is 45.0 Å². The van der Waals surface area contributed by atoms with Gasteiger partial charge in [0.05, 0.1) is 56.1 Å². The highest BCUT2D eigenvalue weighted by atomic mass is 16.5. The molecule has 0 radical (unpaired) electrons. The van der Waals surface area contributed by atoms with Gasteiger partial charge in [0.1, 0.15) is 18.8 Å². The zero-order chi connectivity index (χ0) is 22.5. The third kappa shape index (κ3) is 4.60. The molecule has 6 heteroatoms. The van der Waals surface area contributed by atoms with Crippen LogP contribution in [-0.2, 0) is 17.8 Å². The van der Waals surface area contributed by atoms with Crippen molar-refractivity contribution in [2.45, 2.75) is 33.9 Å². The molecule has 3 rings (SSSR count). The molecule has 0 amide bonds. The van der Waals surface area contributed by atoms with Gasteiger partial charge in [0.2, 0.25) is 0 Å². The first-order chi connectivity index (χ1) is 14.9. The van der Waals surface area contributed by atoms with Crippen LogP contribution in [0.3, 0.4) is 0 Å². The van der Waals surface area contributed by atoms with Crippen LogP contribution < -0.4 is 9.80 Å². The second kappa shape index (κ2) is 9.98. The van der Waals surface area contributed by atoms with Crippen molar-refractivity contribution in [1.82, 2.24) is 4.57 Å². The SMILES string of the molecule is CCOC(=O)c1c(C[NH+](CC)CC)n(-c2ccccc2)c2ccc(O)c(C[NH+](C)C)c12. The van der Waals surface area contributed by atoms with E-state index in [4.69, 9.17) is 4.74 Å². The Hall–Kier alpha value is -2.83. The Kier molecular flexibility index (Phi) is 7.36. The Bertz CT molecular complexity index is 1040. The summed E-state index contributed by atoms with van der Waals surface area (Å²) in [6.45, 7) is 9.65. The molecule has 0 aliphatic carbocycles. The molecular weight excluding hydrogens is 390 g/mol. The highest BCUT2D eigenvalue weighted by molar-refractivity contribution is 6.08. The van der Waals surface area contributed by atoms with E-state index in [0.29, 0.717) is 25.3 Å². The number of phenols is 1. The Balaban J connectivity index is 2.45. The third-order valence-electron chi connectivity index (χ3n) is 5.76. The van der Waals surface area contributed by atoms with Crippen LogP contribution in [0.2, 0.25) is 0 Å². The van der Waals surface area contributed by atoms with Gasteiger partial charge in [-0.2, -0.15) is 0 Å². The highest BCUT2D eigenvalue weighted by Gasteiger charge is 2.30. The first-order valence-corrected chi connectivity index (χ1v) is 11.2. The molecule has 0 aliphatic heterocycles. The van der Waals surface area contributed by atoms with E-state index >= 15 is 0 Å². The smallest absolute Gasteiger partial charge is 0.340 e. The fourth-order valence-corrected chi connectivity index (χ4v) is 4.22. The number of nitrogens with one attached hydrogen (secondary N) is 2. The van der Waals surface area contributed by atoms with Gasteiger partial charge < -0.3 is 24.2 Å². The van der Waals surface area contributed by atoms with Crippen LogP contribution in [0.4, 0.5) is 0 Å². The normalized spacial score (nSPS) is 11.6. The van der Waals surface area contributed by atoms with Gasteiger partial charge in [-0.25, -0.2) is 4.79 Å². The van der Waals surface area contributed by atoms with Crippen molar-refractivity contribution in [3.8, 4) is 11.4 Å².